The number of piperidine rings is 1. The van der Waals surface area contributed by atoms with E-state index in [1.54, 1.807) is 30.2 Å². The minimum Gasteiger partial charge on any atom is -0.445 e. The molecule has 2 amide bonds. The minimum absolute atomic E-state index is 0.0163. The number of benzene rings is 1. The van der Waals surface area contributed by atoms with Crippen LogP contribution in [-0.4, -0.2) is 51.6 Å². The number of aryl methyl sites for hydroxylation is 1. The van der Waals surface area contributed by atoms with Gasteiger partial charge in [-0.3, -0.25) is 9.59 Å². The number of carbonyl (C=O) groups is 2. The van der Waals surface area contributed by atoms with Crippen molar-refractivity contribution in [3.63, 3.8) is 0 Å². The van der Waals surface area contributed by atoms with Gasteiger partial charge in [0.25, 0.3) is 5.91 Å². The highest BCUT2D eigenvalue weighted by Crippen LogP contribution is 2.27. The zero-order valence-corrected chi connectivity index (χ0v) is 17.0. The van der Waals surface area contributed by atoms with Gasteiger partial charge >= 0.3 is 0 Å². The molecule has 1 atom stereocenters. The number of halogens is 1. The van der Waals surface area contributed by atoms with E-state index in [9.17, 15) is 14.0 Å². The van der Waals surface area contributed by atoms with Crippen LogP contribution in [0.2, 0.25) is 0 Å². The molecular weight excluding hydrogens is 405 g/mol. The van der Waals surface area contributed by atoms with Crippen molar-refractivity contribution in [3.05, 3.63) is 64.9 Å². The number of amides is 2. The first-order chi connectivity index (χ1) is 15.0. The monoisotopic (exact) mass is 427 g/mol. The molecule has 0 bridgehead atoms. The molecule has 162 valence electrons. The molecule has 0 aliphatic carbocycles. The van der Waals surface area contributed by atoms with Crippen molar-refractivity contribution in [2.24, 2.45) is 0 Å². The predicted octanol–water partition coefficient (Wildman–Crippen LogP) is 2.23. The fourth-order valence-corrected chi connectivity index (χ4v) is 3.59. The van der Waals surface area contributed by atoms with Crippen LogP contribution in [0.25, 0.3) is 0 Å². The summed E-state index contributed by atoms with van der Waals surface area (Å²) in [6, 6.07) is 6.25. The van der Waals surface area contributed by atoms with Crippen LogP contribution in [0, 0.1) is 12.7 Å². The highest BCUT2D eigenvalue weighted by molar-refractivity contribution is 5.95. The quantitative estimate of drug-likeness (QED) is 0.642. The van der Waals surface area contributed by atoms with E-state index in [2.05, 4.69) is 25.2 Å². The molecule has 3 heterocycles. The second kappa shape index (κ2) is 9.07. The van der Waals surface area contributed by atoms with E-state index in [1.807, 2.05) is 0 Å². The second-order valence-electron chi connectivity index (χ2n) is 7.53. The molecule has 1 aliphatic heterocycles. The van der Waals surface area contributed by atoms with E-state index in [-0.39, 0.29) is 29.9 Å². The Morgan fingerprint density at radius 3 is 2.81 bits per heavy atom. The van der Waals surface area contributed by atoms with Gasteiger partial charge in [0, 0.05) is 19.5 Å². The number of likely N-dealkylation sites (tertiary alicyclic amines) is 1. The molecule has 3 aromatic rings. The molecule has 0 unspecified atom stereocenters. The van der Waals surface area contributed by atoms with Crippen molar-refractivity contribution in [3.8, 4) is 0 Å². The molecule has 1 N–H and O–H groups in total. The molecule has 1 aliphatic rings. The number of nitrogens with zero attached hydrogens (tertiary/aromatic N) is 4. The Bertz CT molecular complexity index is 1060. The van der Waals surface area contributed by atoms with Crippen LogP contribution in [-0.2, 0) is 11.2 Å². The van der Waals surface area contributed by atoms with Crippen molar-refractivity contribution in [2.45, 2.75) is 32.1 Å². The first kappa shape index (κ1) is 20.7. The fraction of sp³-hybridized carbons (Fsp3) is 0.381. The predicted molar refractivity (Wildman–Crippen MR) is 106 cm³/mol. The van der Waals surface area contributed by atoms with Crippen molar-refractivity contribution in [1.82, 2.24) is 25.5 Å². The van der Waals surface area contributed by atoms with Crippen LogP contribution in [0.3, 0.4) is 0 Å². The maximum atomic E-state index is 13.1. The average Bonchev–Trinajstić information content (AvgIpc) is 3.42. The number of rotatable bonds is 6. The van der Waals surface area contributed by atoms with Gasteiger partial charge in [0.05, 0.1) is 18.7 Å². The summed E-state index contributed by atoms with van der Waals surface area (Å²) >= 11 is 0. The largest absolute Gasteiger partial charge is 0.445 e. The molecule has 10 heteroatoms. The highest BCUT2D eigenvalue weighted by atomic mass is 19.1. The number of hydrogen-bond acceptors (Lipinski definition) is 7. The topological polar surface area (TPSA) is 114 Å². The molecule has 2 aromatic heterocycles. The van der Waals surface area contributed by atoms with Crippen LogP contribution in [0.4, 0.5) is 4.39 Å². The second-order valence-corrected chi connectivity index (χ2v) is 7.53. The SMILES string of the molecule is Cc1nonc1C(=O)NCC(=O)N1CCC[C@H](c2ncc(Cc3ccc(F)cc3)o2)C1. The molecule has 1 fully saturated rings. The summed E-state index contributed by atoms with van der Waals surface area (Å²) in [6.07, 6.45) is 3.86. The molecule has 1 aromatic carbocycles. The van der Waals surface area contributed by atoms with E-state index < -0.39 is 5.91 Å². The lowest BCUT2D eigenvalue weighted by Crippen LogP contribution is -2.44. The van der Waals surface area contributed by atoms with E-state index in [0.717, 1.165) is 18.4 Å². The molecule has 31 heavy (non-hydrogen) atoms. The third kappa shape index (κ3) is 4.96. The van der Waals surface area contributed by atoms with E-state index in [1.165, 1.54) is 12.1 Å². The van der Waals surface area contributed by atoms with Crippen LogP contribution in [0.5, 0.6) is 0 Å². The van der Waals surface area contributed by atoms with Crippen molar-refractivity contribution in [1.29, 1.82) is 0 Å². The van der Waals surface area contributed by atoms with Gasteiger partial charge in [-0.05, 0) is 42.6 Å². The summed E-state index contributed by atoms with van der Waals surface area (Å²) in [5.74, 6) is 0.288. The van der Waals surface area contributed by atoms with Gasteiger partial charge in [0.2, 0.25) is 5.91 Å². The molecule has 0 radical (unpaired) electrons. The number of aromatic nitrogens is 3. The van der Waals surface area contributed by atoms with Crippen LogP contribution >= 0.6 is 0 Å². The molecule has 4 rings (SSSR count). The molecule has 9 nitrogen and oxygen atoms in total. The van der Waals surface area contributed by atoms with Crippen molar-refractivity contribution in [2.75, 3.05) is 19.6 Å². The maximum absolute atomic E-state index is 13.1. The number of oxazole rings is 1. The lowest BCUT2D eigenvalue weighted by atomic mass is 9.98. The molecule has 0 spiro atoms. The van der Waals surface area contributed by atoms with Crippen molar-refractivity contribution >= 4 is 11.8 Å². The van der Waals surface area contributed by atoms with Crippen LogP contribution < -0.4 is 5.32 Å². The average molecular weight is 427 g/mol. The summed E-state index contributed by atoms with van der Waals surface area (Å²) in [6.45, 7) is 2.54. The number of nitrogens with one attached hydrogen (secondary N) is 1. The molecule has 1 saturated heterocycles. The summed E-state index contributed by atoms with van der Waals surface area (Å²) in [5, 5.41) is 9.64. The number of hydrogen-bond donors (Lipinski definition) is 1. The summed E-state index contributed by atoms with van der Waals surface area (Å²) in [7, 11) is 0. The first-order valence-electron chi connectivity index (χ1n) is 10.0. The standard InChI is InChI=1S/C21H22FN5O4/c1-13-19(26-31-25-13)20(29)23-11-18(28)27-8-2-3-15(12-27)21-24-10-17(30-21)9-14-4-6-16(22)7-5-14/h4-7,10,15H,2-3,8-9,11-12H2,1H3,(H,23,29)/t15-/m0/s1. The Labute approximate surface area is 177 Å². The van der Waals surface area contributed by atoms with E-state index in [4.69, 9.17) is 4.42 Å². The fourth-order valence-electron chi connectivity index (χ4n) is 3.59. The highest BCUT2D eigenvalue weighted by Gasteiger charge is 2.28. The van der Waals surface area contributed by atoms with Gasteiger partial charge in [0.15, 0.2) is 11.6 Å². The first-order valence-corrected chi connectivity index (χ1v) is 10.0. The third-order valence-electron chi connectivity index (χ3n) is 5.25. The summed E-state index contributed by atoms with van der Waals surface area (Å²) in [5.41, 5.74) is 1.36. The van der Waals surface area contributed by atoms with Gasteiger partial charge in [-0.15, -0.1) is 0 Å². The Morgan fingerprint density at radius 1 is 1.26 bits per heavy atom. The number of carbonyl (C=O) groups excluding carboxylic acids is 2. The minimum atomic E-state index is -0.501. The maximum Gasteiger partial charge on any atom is 0.275 e. The van der Waals surface area contributed by atoms with Gasteiger partial charge in [0.1, 0.15) is 17.3 Å². The van der Waals surface area contributed by atoms with Crippen LogP contribution in [0.15, 0.2) is 39.5 Å². The summed E-state index contributed by atoms with van der Waals surface area (Å²) < 4.78 is 23.5. The Morgan fingerprint density at radius 2 is 2.06 bits per heavy atom. The van der Waals surface area contributed by atoms with Gasteiger partial charge in [-0.2, -0.15) is 0 Å². The lowest BCUT2D eigenvalue weighted by molar-refractivity contribution is -0.131. The molecular formula is C21H22FN5O4. The van der Waals surface area contributed by atoms with Gasteiger partial charge in [-0.25, -0.2) is 14.0 Å². The van der Waals surface area contributed by atoms with Gasteiger partial charge < -0.3 is 14.6 Å². The van der Waals surface area contributed by atoms with Crippen LogP contribution in [0.1, 0.15) is 52.2 Å². The molecule has 0 saturated carbocycles. The summed E-state index contributed by atoms with van der Waals surface area (Å²) in [4.78, 5) is 30.8. The van der Waals surface area contributed by atoms with E-state index in [0.29, 0.717) is 36.9 Å². The normalized spacial score (nSPS) is 16.3. The Kier molecular flexibility index (Phi) is 6.06. The zero-order chi connectivity index (χ0) is 21.8. The Balaban J connectivity index is 1.32. The smallest absolute Gasteiger partial charge is 0.275 e. The Hall–Kier alpha value is -3.56. The zero-order valence-electron chi connectivity index (χ0n) is 17.0. The van der Waals surface area contributed by atoms with Crippen molar-refractivity contribution < 1.29 is 23.0 Å². The third-order valence-corrected chi connectivity index (χ3v) is 5.25. The van der Waals surface area contributed by atoms with Gasteiger partial charge in [-0.1, -0.05) is 17.3 Å². The van der Waals surface area contributed by atoms with E-state index >= 15 is 0 Å². The lowest BCUT2D eigenvalue weighted by Gasteiger charge is -2.31.